The molecule has 2 aromatic carbocycles. The second-order valence-corrected chi connectivity index (χ2v) is 5.70. The van der Waals surface area contributed by atoms with Crippen molar-refractivity contribution in [1.29, 1.82) is 0 Å². The second kappa shape index (κ2) is 10.2. The minimum atomic E-state index is -0.225. The molecule has 0 fully saturated rings. The van der Waals surface area contributed by atoms with Gasteiger partial charge in [0, 0.05) is 31.3 Å². The summed E-state index contributed by atoms with van der Waals surface area (Å²) in [7, 11) is 4.64. The molecule has 0 unspecified atom stereocenters. The molecule has 0 heterocycles. The van der Waals surface area contributed by atoms with Gasteiger partial charge in [0.1, 0.15) is 0 Å². The first-order valence-electron chi connectivity index (χ1n) is 8.45. The largest absolute Gasteiger partial charge is 0.493 e. The molecule has 7 nitrogen and oxygen atoms in total. The summed E-state index contributed by atoms with van der Waals surface area (Å²) in [5.74, 6) is 0.674. The van der Waals surface area contributed by atoms with Crippen LogP contribution in [0.1, 0.15) is 26.3 Å². The fourth-order valence-corrected chi connectivity index (χ4v) is 2.40. The number of carbonyl (C=O) groups excluding carboxylic acids is 2. The van der Waals surface area contributed by atoms with Gasteiger partial charge in [-0.2, -0.15) is 0 Å². The van der Waals surface area contributed by atoms with E-state index in [-0.39, 0.29) is 11.8 Å². The Morgan fingerprint density at radius 3 is 2.07 bits per heavy atom. The monoisotopic (exact) mass is 372 g/mol. The first-order chi connectivity index (χ1) is 13.1. The molecular formula is C20H24N2O5. The van der Waals surface area contributed by atoms with Crippen molar-refractivity contribution in [2.45, 2.75) is 6.54 Å². The van der Waals surface area contributed by atoms with Gasteiger partial charge in [0.25, 0.3) is 11.8 Å². The smallest absolute Gasteiger partial charge is 0.251 e. The van der Waals surface area contributed by atoms with Crippen LogP contribution in [0, 0.1) is 0 Å². The number of nitrogens with one attached hydrogen (secondary N) is 2. The van der Waals surface area contributed by atoms with Crippen molar-refractivity contribution in [2.75, 3.05) is 34.5 Å². The van der Waals surface area contributed by atoms with E-state index in [0.29, 0.717) is 42.3 Å². The Morgan fingerprint density at radius 1 is 0.815 bits per heavy atom. The first kappa shape index (κ1) is 20.3. The number of hydrogen-bond acceptors (Lipinski definition) is 5. The van der Waals surface area contributed by atoms with Crippen LogP contribution >= 0.6 is 0 Å². The Bertz CT molecular complexity index is 774. The number of ether oxygens (including phenoxy) is 3. The summed E-state index contributed by atoms with van der Waals surface area (Å²) in [6.07, 6.45) is 0. The number of methoxy groups -OCH3 is 3. The van der Waals surface area contributed by atoms with Gasteiger partial charge in [-0.1, -0.05) is 12.1 Å². The summed E-state index contributed by atoms with van der Waals surface area (Å²) in [6.45, 7) is 1.27. The lowest BCUT2D eigenvalue weighted by atomic mass is 10.1. The van der Waals surface area contributed by atoms with Gasteiger partial charge in [0.2, 0.25) is 0 Å². The Morgan fingerprint density at radius 2 is 1.44 bits per heavy atom. The highest BCUT2D eigenvalue weighted by molar-refractivity contribution is 5.95. The van der Waals surface area contributed by atoms with Crippen molar-refractivity contribution >= 4 is 11.8 Å². The predicted molar refractivity (Wildman–Crippen MR) is 101 cm³/mol. The Kier molecular flexibility index (Phi) is 7.63. The fourth-order valence-electron chi connectivity index (χ4n) is 2.40. The molecule has 0 bridgehead atoms. The standard InChI is InChI=1S/C20H24N2O5/c1-25-11-10-21-19(23)15-6-4-14(5-7-15)13-22-20(24)16-8-9-17(26-2)18(12-16)27-3/h4-9,12H,10-11,13H2,1-3H3,(H,21,23)(H,22,24). The van der Waals surface area contributed by atoms with E-state index in [1.165, 1.54) is 7.11 Å². The number of hydrogen-bond donors (Lipinski definition) is 2. The average Bonchev–Trinajstić information content (AvgIpc) is 2.71. The van der Waals surface area contributed by atoms with Crippen molar-refractivity contribution in [3.05, 3.63) is 59.2 Å². The Balaban J connectivity index is 1.92. The van der Waals surface area contributed by atoms with Crippen LogP contribution in [0.15, 0.2) is 42.5 Å². The van der Waals surface area contributed by atoms with Crippen LogP contribution in [0.25, 0.3) is 0 Å². The van der Waals surface area contributed by atoms with Crippen LogP contribution in [0.3, 0.4) is 0 Å². The molecule has 2 aromatic rings. The van der Waals surface area contributed by atoms with Gasteiger partial charge in [-0.05, 0) is 35.9 Å². The van der Waals surface area contributed by atoms with Gasteiger partial charge in [0.15, 0.2) is 11.5 Å². The van der Waals surface area contributed by atoms with E-state index in [1.54, 1.807) is 56.7 Å². The minimum absolute atomic E-state index is 0.159. The predicted octanol–water partition coefficient (Wildman–Crippen LogP) is 2.01. The normalized spacial score (nSPS) is 10.2. The minimum Gasteiger partial charge on any atom is -0.493 e. The van der Waals surface area contributed by atoms with Crippen LogP contribution in [0.2, 0.25) is 0 Å². The van der Waals surface area contributed by atoms with Gasteiger partial charge in [-0.3, -0.25) is 9.59 Å². The highest BCUT2D eigenvalue weighted by atomic mass is 16.5. The van der Waals surface area contributed by atoms with Crippen LogP contribution in [-0.2, 0) is 11.3 Å². The van der Waals surface area contributed by atoms with Crippen molar-refractivity contribution in [2.24, 2.45) is 0 Å². The van der Waals surface area contributed by atoms with Crippen molar-refractivity contribution in [1.82, 2.24) is 10.6 Å². The van der Waals surface area contributed by atoms with Crippen molar-refractivity contribution in [3.8, 4) is 11.5 Å². The maximum Gasteiger partial charge on any atom is 0.251 e. The van der Waals surface area contributed by atoms with E-state index in [0.717, 1.165) is 5.56 Å². The topological polar surface area (TPSA) is 85.9 Å². The van der Waals surface area contributed by atoms with Crippen molar-refractivity contribution in [3.63, 3.8) is 0 Å². The molecule has 2 rings (SSSR count). The third-order valence-electron chi connectivity index (χ3n) is 3.91. The SMILES string of the molecule is COCCNC(=O)c1ccc(CNC(=O)c2ccc(OC)c(OC)c2)cc1. The number of benzene rings is 2. The number of carbonyl (C=O) groups is 2. The molecule has 7 heteroatoms. The number of rotatable bonds is 9. The maximum absolute atomic E-state index is 12.3. The van der Waals surface area contributed by atoms with Crippen LogP contribution in [0.4, 0.5) is 0 Å². The lowest BCUT2D eigenvalue weighted by Gasteiger charge is -2.10. The Hall–Kier alpha value is -3.06. The summed E-state index contributed by atoms with van der Waals surface area (Å²) in [5, 5.41) is 5.60. The second-order valence-electron chi connectivity index (χ2n) is 5.70. The molecule has 0 atom stereocenters. The summed E-state index contributed by atoms with van der Waals surface area (Å²) >= 11 is 0. The molecule has 0 saturated heterocycles. The van der Waals surface area contributed by atoms with E-state index in [2.05, 4.69) is 10.6 Å². The van der Waals surface area contributed by atoms with E-state index in [9.17, 15) is 9.59 Å². The van der Waals surface area contributed by atoms with E-state index < -0.39 is 0 Å². The molecule has 2 amide bonds. The van der Waals surface area contributed by atoms with Gasteiger partial charge in [0.05, 0.1) is 20.8 Å². The van der Waals surface area contributed by atoms with E-state index in [1.807, 2.05) is 0 Å². The summed E-state index contributed by atoms with van der Waals surface area (Å²) in [4.78, 5) is 24.3. The molecule has 0 saturated carbocycles. The van der Waals surface area contributed by atoms with Crippen LogP contribution in [0.5, 0.6) is 11.5 Å². The maximum atomic E-state index is 12.3. The third-order valence-corrected chi connectivity index (χ3v) is 3.91. The zero-order valence-electron chi connectivity index (χ0n) is 15.7. The van der Waals surface area contributed by atoms with Crippen LogP contribution in [-0.4, -0.2) is 46.3 Å². The summed E-state index contributed by atoms with van der Waals surface area (Å²) in [5.41, 5.74) is 1.92. The molecule has 27 heavy (non-hydrogen) atoms. The number of amides is 2. The Labute approximate surface area is 158 Å². The third kappa shape index (κ3) is 5.72. The molecule has 0 aliphatic carbocycles. The first-order valence-corrected chi connectivity index (χ1v) is 8.45. The van der Waals surface area contributed by atoms with E-state index >= 15 is 0 Å². The molecule has 0 spiro atoms. The highest BCUT2D eigenvalue weighted by Crippen LogP contribution is 2.27. The highest BCUT2D eigenvalue weighted by Gasteiger charge is 2.11. The molecule has 0 aliphatic rings. The molecule has 144 valence electrons. The fraction of sp³-hybridized carbons (Fsp3) is 0.300. The lowest BCUT2D eigenvalue weighted by molar-refractivity contribution is 0.0932. The van der Waals surface area contributed by atoms with Gasteiger partial charge in [-0.15, -0.1) is 0 Å². The lowest BCUT2D eigenvalue weighted by Crippen LogP contribution is -2.27. The van der Waals surface area contributed by atoms with Crippen molar-refractivity contribution < 1.29 is 23.8 Å². The zero-order valence-corrected chi connectivity index (χ0v) is 15.7. The van der Waals surface area contributed by atoms with Gasteiger partial charge < -0.3 is 24.8 Å². The zero-order chi connectivity index (χ0) is 19.6. The summed E-state index contributed by atoms with van der Waals surface area (Å²) < 4.78 is 15.3. The summed E-state index contributed by atoms with van der Waals surface area (Å²) in [6, 6.07) is 12.0. The average molecular weight is 372 g/mol. The van der Waals surface area contributed by atoms with Gasteiger partial charge >= 0.3 is 0 Å². The van der Waals surface area contributed by atoms with E-state index in [4.69, 9.17) is 14.2 Å². The molecule has 0 aliphatic heterocycles. The molecular weight excluding hydrogens is 348 g/mol. The molecule has 0 radical (unpaired) electrons. The molecule has 0 aromatic heterocycles. The van der Waals surface area contributed by atoms with Crippen LogP contribution < -0.4 is 20.1 Å². The van der Waals surface area contributed by atoms with Gasteiger partial charge in [-0.25, -0.2) is 0 Å². The quantitative estimate of drug-likeness (QED) is 0.658. The molecule has 2 N–H and O–H groups in total.